The van der Waals surface area contributed by atoms with Gasteiger partial charge >= 0.3 is 0 Å². The SMILES string of the molecule is CCCCCCCCc1ccc(OCCNc2ncnc(Cl)c2C)c(C)c1. The molecule has 2 rings (SSSR count). The van der Waals surface area contributed by atoms with Crippen LogP contribution in [0.5, 0.6) is 5.75 Å². The highest BCUT2D eigenvalue weighted by atomic mass is 35.5. The van der Waals surface area contributed by atoms with E-state index in [4.69, 9.17) is 16.3 Å². The van der Waals surface area contributed by atoms with Crippen molar-refractivity contribution in [2.75, 3.05) is 18.5 Å². The first-order valence-electron chi connectivity index (χ1n) is 10.0. The summed E-state index contributed by atoms with van der Waals surface area (Å²) in [6.07, 6.45) is 10.6. The van der Waals surface area contributed by atoms with Crippen molar-refractivity contribution in [2.45, 2.75) is 65.7 Å². The van der Waals surface area contributed by atoms with Crippen molar-refractivity contribution in [3.63, 3.8) is 0 Å². The number of aromatic nitrogens is 2. The van der Waals surface area contributed by atoms with Crippen molar-refractivity contribution in [1.82, 2.24) is 9.97 Å². The number of hydrogen-bond acceptors (Lipinski definition) is 4. The molecule has 0 bridgehead atoms. The number of nitrogens with zero attached hydrogens (tertiary/aromatic N) is 2. The van der Waals surface area contributed by atoms with Crippen LogP contribution in [0.2, 0.25) is 5.15 Å². The number of aryl methyl sites for hydroxylation is 2. The van der Waals surface area contributed by atoms with Crippen LogP contribution in [0.25, 0.3) is 0 Å². The Labute approximate surface area is 168 Å². The Kier molecular flexibility index (Phi) is 9.40. The number of anilines is 1. The number of halogens is 1. The second-order valence-electron chi connectivity index (χ2n) is 7.03. The molecule has 0 saturated carbocycles. The quantitative estimate of drug-likeness (QED) is 0.349. The van der Waals surface area contributed by atoms with E-state index in [1.807, 2.05) is 6.92 Å². The molecular formula is C22H32ClN3O. The topological polar surface area (TPSA) is 47.0 Å². The number of rotatable bonds is 12. The predicted molar refractivity (Wildman–Crippen MR) is 114 cm³/mol. The molecule has 1 N–H and O–H groups in total. The van der Waals surface area contributed by atoms with E-state index in [-0.39, 0.29) is 0 Å². The third kappa shape index (κ3) is 7.37. The number of nitrogens with one attached hydrogen (secondary N) is 1. The van der Waals surface area contributed by atoms with Crippen LogP contribution in [0.3, 0.4) is 0 Å². The largest absolute Gasteiger partial charge is 0.491 e. The minimum absolute atomic E-state index is 0.477. The lowest BCUT2D eigenvalue weighted by atomic mass is 10.0. The second kappa shape index (κ2) is 11.8. The van der Waals surface area contributed by atoms with E-state index in [0.717, 1.165) is 23.6 Å². The van der Waals surface area contributed by atoms with Crippen LogP contribution in [-0.4, -0.2) is 23.1 Å². The summed E-state index contributed by atoms with van der Waals surface area (Å²) in [4.78, 5) is 8.16. The summed E-state index contributed by atoms with van der Waals surface area (Å²) >= 11 is 6.00. The lowest BCUT2D eigenvalue weighted by Crippen LogP contribution is -2.14. The van der Waals surface area contributed by atoms with E-state index in [2.05, 4.69) is 47.3 Å². The number of hydrogen-bond donors (Lipinski definition) is 1. The van der Waals surface area contributed by atoms with E-state index in [1.165, 1.54) is 56.0 Å². The number of benzene rings is 1. The van der Waals surface area contributed by atoms with Gasteiger partial charge in [0.05, 0.1) is 6.54 Å². The van der Waals surface area contributed by atoms with E-state index < -0.39 is 0 Å². The van der Waals surface area contributed by atoms with E-state index in [0.29, 0.717) is 18.3 Å². The van der Waals surface area contributed by atoms with Gasteiger partial charge in [0.25, 0.3) is 0 Å². The average molecular weight is 390 g/mol. The highest BCUT2D eigenvalue weighted by Gasteiger charge is 2.05. The van der Waals surface area contributed by atoms with Crippen molar-refractivity contribution in [2.24, 2.45) is 0 Å². The summed E-state index contributed by atoms with van der Waals surface area (Å²) in [6, 6.07) is 6.54. The van der Waals surface area contributed by atoms with Crippen LogP contribution in [0, 0.1) is 13.8 Å². The molecule has 0 aliphatic heterocycles. The molecule has 4 nitrogen and oxygen atoms in total. The lowest BCUT2D eigenvalue weighted by molar-refractivity contribution is 0.330. The van der Waals surface area contributed by atoms with Crippen molar-refractivity contribution in [1.29, 1.82) is 0 Å². The fourth-order valence-electron chi connectivity index (χ4n) is 3.08. The van der Waals surface area contributed by atoms with Crippen molar-refractivity contribution in [3.8, 4) is 5.75 Å². The Hall–Kier alpha value is -1.81. The van der Waals surface area contributed by atoms with Gasteiger partial charge in [0.15, 0.2) is 0 Å². The number of unbranched alkanes of at least 4 members (excludes halogenated alkanes) is 5. The van der Waals surface area contributed by atoms with E-state index in [1.54, 1.807) is 0 Å². The van der Waals surface area contributed by atoms with Crippen LogP contribution in [0.1, 0.15) is 62.1 Å². The minimum atomic E-state index is 0.477. The Morgan fingerprint density at radius 2 is 1.81 bits per heavy atom. The Bertz CT molecular complexity index is 706. The molecule has 0 saturated heterocycles. The summed E-state index contributed by atoms with van der Waals surface area (Å²) in [5, 5.41) is 3.72. The molecule has 0 radical (unpaired) electrons. The first kappa shape index (κ1) is 21.5. The Morgan fingerprint density at radius 3 is 2.59 bits per heavy atom. The van der Waals surface area contributed by atoms with Crippen molar-refractivity contribution in [3.05, 3.63) is 46.4 Å². The first-order valence-corrected chi connectivity index (χ1v) is 10.4. The first-order chi connectivity index (χ1) is 13.1. The highest BCUT2D eigenvalue weighted by molar-refractivity contribution is 6.30. The fraction of sp³-hybridized carbons (Fsp3) is 0.545. The summed E-state index contributed by atoms with van der Waals surface area (Å²) in [7, 11) is 0. The van der Waals surface area contributed by atoms with E-state index in [9.17, 15) is 0 Å². The fourth-order valence-corrected chi connectivity index (χ4v) is 3.21. The molecule has 0 atom stereocenters. The molecule has 1 aromatic heterocycles. The minimum Gasteiger partial charge on any atom is -0.491 e. The van der Waals surface area contributed by atoms with Crippen LogP contribution in [-0.2, 0) is 6.42 Å². The van der Waals surface area contributed by atoms with Gasteiger partial charge in [0, 0.05) is 5.56 Å². The molecule has 0 unspecified atom stereocenters. The third-order valence-electron chi connectivity index (χ3n) is 4.73. The predicted octanol–water partition coefficient (Wildman–Crippen LogP) is 6.14. The van der Waals surface area contributed by atoms with Gasteiger partial charge in [-0.3, -0.25) is 0 Å². The molecule has 5 heteroatoms. The van der Waals surface area contributed by atoms with Crippen LogP contribution >= 0.6 is 11.6 Å². The third-order valence-corrected chi connectivity index (χ3v) is 5.11. The molecule has 1 aromatic carbocycles. The monoisotopic (exact) mass is 389 g/mol. The Balaban J connectivity index is 1.71. The average Bonchev–Trinajstić information content (AvgIpc) is 2.66. The van der Waals surface area contributed by atoms with Crippen LogP contribution < -0.4 is 10.1 Å². The molecule has 0 aliphatic carbocycles. The number of ether oxygens (including phenoxy) is 1. The van der Waals surface area contributed by atoms with Crippen molar-refractivity contribution >= 4 is 17.4 Å². The summed E-state index contributed by atoms with van der Waals surface area (Å²) < 4.78 is 5.91. The zero-order valence-corrected chi connectivity index (χ0v) is 17.6. The zero-order chi connectivity index (χ0) is 19.5. The molecule has 2 aromatic rings. The maximum absolute atomic E-state index is 6.00. The second-order valence-corrected chi connectivity index (χ2v) is 7.39. The van der Waals surface area contributed by atoms with Gasteiger partial charge in [0.1, 0.15) is 29.7 Å². The molecule has 0 spiro atoms. The zero-order valence-electron chi connectivity index (χ0n) is 16.9. The van der Waals surface area contributed by atoms with Gasteiger partial charge in [-0.25, -0.2) is 9.97 Å². The smallest absolute Gasteiger partial charge is 0.137 e. The maximum Gasteiger partial charge on any atom is 0.137 e. The summed E-state index contributed by atoms with van der Waals surface area (Å²) in [6.45, 7) is 7.50. The standard InChI is InChI=1S/C22H32ClN3O/c1-4-5-6-7-8-9-10-19-11-12-20(17(2)15-19)27-14-13-24-22-18(3)21(23)25-16-26-22/h11-12,15-16H,4-10,13-14H2,1-3H3,(H,24,25,26). The van der Waals surface area contributed by atoms with Crippen molar-refractivity contribution < 1.29 is 4.74 Å². The molecule has 27 heavy (non-hydrogen) atoms. The normalized spacial score (nSPS) is 10.8. The molecule has 0 amide bonds. The Morgan fingerprint density at radius 1 is 1.04 bits per heavy atom. The molecule has 148 valence electrons. The highest BCUT2D eigenvalue weighted by Crippen LogP contribution is 2.21. The van der Waals surface area contributed by atoms with Crippen LogP contribution in [0.15, 0.2) is 24.5 Å². The van der Waals surface area contributed by atoms with Gasteiger partial charge in [-0.2, -0.15) is 0 Å². The summed E-state index contributed by atoms with van der Waals surface area (Å²) in [5.74, 6) is 1.70. The summed E-state index contributed by atoms with van der Waals surface area (Å²) in [5.41, 5.74) is 3.45. The maximum atomic E-state index is 6.00. The molecule has 0 fully saturated rings. The van der Waals surface area contributed by atoms with Gasteiger partial charge in [-0.05, 0) is 43.9 Å². The van der Waals surface area contributed by atoms with Gasteiger partial charge in [0.2, 0.25) is 0 Å². The molecule has 1 heterocycles. The van der Waals surface area contributed by atoms with Gasteiger partial charge in [-0.1, -0.05) is 62.8 Å². The lowest BCUT2D eigenvalue weighted by Gasteiger charge is -2.12. The molecular weight excluding hydrogens is 358 g/mol. The van der Waals surface area contributed by atoms with Crippen LogP contribution in [0.4, 0.5) is 5.82 Å². The van der Waals surface area contributed by atoms with Gasteiger partial charge < -0.3 is 10.1 Å². The van der Waals surface area contributed by atoms with Gasteiger partial charge in [-0.15, -0.1) is 0 Å². The molecule has 0 aliphatic rings. The van der Waals surface area contributed by atoms with E-state index >= 15 is 0 Å².